The molecule has 0 spiro atoms. The molecule has 152 valence electrons. The third-order valence-corrected chi connectivity index (χ3v) is 6.22. The number of nitrogens with zero attached hydrogens (tertiary/aromatic N) is 5. The van der Waals surface area contributed by atoms with E-state index in [1.54, 1.807) is 0 Å². The number of hydrogen-bond acceptors (Lipinski definition) is 6. The monoisotopic (exact) mass is 391 g/mol. The van der Waals surface area contributed by atoms with Gasteiger partial charge in [0.05, 0.1) is 11.4 Å². The van der Waals surface area contributed by atoms with Gasteiger partial charge in [0.1, 0.15) is 6.10 Å². The summed E-state index contributed by atoms with van der Waals surface area (Å²) in [6.07, 6.45) is 13.4. The SMILES string of the molecule is c1cnc(OC2CCCC2)c(CN2CCc3nc(C4=NCCCC4)ncc3C2)c1. The van der Waals surface area contributed by atoms with Gasteiger partial charge in [0.25, 0.3) is 0 Å². The molecule has 0 saturated heterocycles. The highest BCUT2D eigenvalue weighted by Gasteiger charge is 2.23. The second kappa shape index (κ2) is 8.57. The van der Waals surface area contributed by atoms with Crippen molar-refractivity contribution in [1.82, 2.24) is 19.9 Å². The Morgan fingerprint density at radius 1 is 1.07 bits per heavy atom. The van der Waals surface area contributed by atoms with Gasteiger partial charge in [0.15, 0.2) is 5.82 Å². The Morgan fingerprint density at radius 3 is 2.86 bits per heavy atom. The fourth-order valence-electron chi connectivity index (χ4n) is 4.58. The Bertz CT molecular complexity index is 891. The molecule has 0 aromatic carbocycles. The molecule has 5 rings (SSSR count). The topological polar surface area (TPSA) is 63.5 Å². The lowest BCUT2D eigenvalue weighted by molar-refractivity contribution is 0.190. The van der Waals surface area contributed by atoms with E-state index in [2.05, 4.69) is 25.9 Å². The Morgan fingerprint density at radius 2 is 2.00 bits per heavy atom. The maximum atomic E-state index is 6.22. The number of aromatic nitrogens is 3. The minimum atomic E-state index is 0.334. The van der Waals surface area contributed by atoms with Crippen molar-refractivity contribution in [1.29, 1.82) is 0 Å². The fraction of sp³-hybridized carbons (Fsp3) is 0.565. The molecule has 0 radical (unpaired) electrons. The zero-order valence-electron chi connectivity index (χ0n) is 17.0. The summed E-state index contributed by atoms with van der Waals surface area (Å²) >= 11 is 0. The normalized spacial score (nSPS) is 20.3. The van der Waals surface area contributed by atoms with Gasteiger partial charge >= 0.3 is 0 Å². The minimum absolute atomic E-state index is 0.334. The molecule has 6 heteroatoms. The van der Waals surface area contributed by atoms with Crippen molar-refractivity contribution in [3.63, 3.8) is 0 Å². The summed E-state index contributed by atoms with van der Waals surface area (Å²) in [5, 5.41) is 0. The van der Waals surface area contributed by atoms with Crippen molar-refractivity contribution >= 4 is 5.71 Å². The Hall–Kier alpha value is -2.34. The molecule has 1 saturated carbocycles. The van der Waals surface area contributed by atoms with E-state index in [9.17, 15) is 0 Å². The van der Waals surface area contributed by atoms with Gasteiger partial charge in [0.2, 0.25) is 5.88 Å². The van der Waals surface area contributed by atoms with Crippen LogP contribution in [0.15, 0.2) is 29.5 Å². The average Bonchev–Trinajstić information content (AvgIpc) is 3.28. The number of fused-ring (bicyclic) bond motifs is 1. The first-order chi connectivity index (χ1) is 14.3. The molecular formula is C23H29N5O. The summed E-state index contributed by atoms with van der Waals surface area (Å²) < 4.78 is 6.22. The molecule has 29 heavy (non-hydrogen) atoms. The fourth-order valence-corrected chi connectivity index (χ4v) is 4.58. The molecule has 0 amide bonds. The summed E-state index contributed by atoms with van der Waals surface area (Å²) in [6, 6.07) is 4.16. The van der Waals surface area contributed by atoms with E-state index < -0.39 is 0 Å². The molecule has 4 heterocycles. The van der Waals surface area contributed by atoms with Gasteiger partial charge in [-0.2, -0.15) is 0 Å². The standard InChI is InChI=1S/C23H29N5O/c1-2-8-19(7-1)29-23-17(6-5-12-25-23)15-28-13-10-20-18(16-28)14-26-22(27-20)21-9-3-4-11-24-21/h5-6,12,14,19H,1-4,7-11,13,15-16H2. The molecular weight excluding hydrogens is 362 g/mol. The van der Waals surface area contributed by atoms with Crippen LogP contribution in [0.1, 0.15) is 67.6 Å². The van der Waals surface area contributed by atoms with E-state index in [0.29, 0.717) is 6.10 Å². The van der Waals surface area contributed by atoms with Crippen LogP contribution in [0, 0.1) is 0 Å². The van der Waals surface area contributed by atoms with E-state index in [-0.39, 0.29) is 0 Å². The summed E-state index contributed by atoms with van der Waals surface area (Å²) in [7, 11) is 0. The molecule has 2 aromatic heterocycles. The summed E-state index contributed by atoms with van der Waals surface area (Å²) in [6.45, 7) is 3.64. The largest absolute Gasteiger partial charge is 0.474 e. The van der Waals surface area contributed by atoms with Crippen LogP contribution in [0.2, 0.25) is 0 Å². The molecule has 2 aromatic rings. The lowest BCUT2D eigenvalue weighted by Gasteiger charge is -2.28. The van der Waals surface area contributed by atoms with Crippen LogP contribution in [-0.4, -0.2) is 44.8 Å². The zero-order valence-corrected chi connectivity index (χ0v) is 17.0. The maximum Gasteiger partial charge on any atom is 0.218 e. The van der Waals surface area contributed by atoms with E-state index in [1.165, 1.54) is 42.5 Å². The number of ether oxygens (including phenoxy) is 1. The van der Waals surface area contributed by atoms with Crippen LogP contribution >= 0.6 is 0 Å². The third kappa shape index (κ3) is 4.32. The third-order valence-electron chi connectivity index (χ3n) is 6.22. The number of hydrogen-bond donors (Lipinski definition) is 0. The number of aliphatic imine (C=N–C) groups is 1. The molecule has 2 aliphatic heterocycles. The predicted molar refractivity (Wildman–Crippen MR) is 112 cm³/mol. The van der Waals surface area contributed by atoms with Crippen LogP contribution in [0.5, 0.6) is 5.88 Å². The van der Waals surface area contributed by atoms with Crippen molar-refractivity contribution in [2.45, 2.75) is 70.6 Å². The van der Waals surface area contributed by atoms with E-state index in [1.807, 2.05) is 18.5 Å². The lowest BCUT2D eigenvalue weighted by Crippen LogP contribution is -2.31. The molecule has 3 aliphatic rings. The zero-order chi connectivity index (χ0) is 19.5. The quantitative estimate of drug-likeness (QED) is 0.777. The first-order valence-corrected chi connectivity index (χ1v) is 11.1. The van der Waals surface area contributed by atoms with Gasteiger partial charge < -0.3 is 4.74 Å². The van der Waals surface area contributed by atoms with Crippen LogP contribution in [0.25, 0.3) is 0 Å². The summed E-state index contributed by atoms with van der Waals surface area (Å²) in [5.74, 6) is 1.66. The van der Waals surface area contributed by atoms with Gasteiger partial charge in [-0.3, -0.25) is 9.89 Å². The molecule has 0 atom stereocenters. The highest BCUT2D eigenvalue weighted by atomic mass is 16.5. The molecule has 0 bridgehead atoms. The van der Waals surface area contributed by atoms with Crippen molar-refractivity contribution in [2.75, 3.05) is 13.1 Å². The van der Waals surface area contributed by atoms with Crippen molar-refractivity contribution < 1.29 is 4.74 Å². The number of pyridine rings is 1. The first kappa shape index (κ1) is 18.7. The predicted octanol–water partition coefficient (Wildman–Crippen LogP) is 3.72. The molecule has 0 unspecified atom stereocenters. The summed E-state index contributed by atoms with van der Waals surface area (Å²) in [5.41, 5.74) is 4.69. The Kier molecular flexibility index (Phi) is 5.52. The van der Waals surface area contributed by atoms with Crippen molar-refractivity contribution in [3.8, 4) is 5.88 Å². The molecule has 0 N–H and O–H groups in total. The second-order valence-electron chi connectivity index (χ2n) is 8.40. The van der Waals surface area contributed by atoms with Gasteiger partial charge in [-0.25, -0.2) is 15.0 Å². The molecule has 6 nitrogen and oxygen atoms in total. The number of rotatable bonds is 5. The van der Waals surface area contributed by atoms with Crippen molar-refractivity contribution in [3.05, 3.63) is 47.2 Å². The Balaban J connectivity index is 1.27. The Labute approximate surface area is 172 Å². The highest BCUT2D eigenvalue weighted by Crippen LogP contribution is 2.27. The lowest BCUT2D eigenvalue weighted by atomic mass is 10.0. The van der Waals surface area contributed by atoms with Crippen LogP contribution in [-0.2, 0) is 19.5 Å². The minimum Gasteiger partial charge on any atom is -0.474 e. The second-order valence-corrected chi connectivity index (χ2v) is 8.40. The van der Waals surface area contributed by atoms with E-state index in [4.69, 9.17) is 9.72 Å². The van der Waals surface area contributed by atoms with Gasteiger partial charge in [-0.15, -0.1) is 0 Å². The first-order valence-electron chi connectivity index (χ1n) is 11.1. The summed E-state index contributed by atoms with van der Waals surface area (Å²) in [4.78, 5) is 21.1. The van der Waals surface area contributed by atoms with Crippen LogP contribution in [0.4, 0.5) is 0 Å². The van der Waals surface area contributed by atoms with Gasteiger partial charge in [-0.05, 0) is 51.0 Å². The smallest absolute Gasteiger partial charge is 0.218 e. The van der Waals surface area contributed by atoms with Crippen LogP contribution in [0.3, 0.4) is 0 Å². The molecule has 1 fully saturated rings. The van der Waals surface area contributed by atoms with Gasteiger partial charge in [0, 0.05) is 56.1 Å². The van der Waals surface area contributed by atoms with Gasteiger partial charge in [-0.1, -0.05) is 6.07 Å². The van der Waals surface area contributed by atoms with E-state index >= 15 is 0 Å². The maximum absolute atomic E-state index is 6.22. The average molecular weight is 392 g/mol. The van der Waals surface area contributed by atoms with Crippen molar-refractivity contribution in [2.24, 2.45) is 4.99 Å². The van der Waals surface area contributed by atoms with Crippen LogP contribution < -0.4 is 4.74 Å². The molecule has 1 aliphatic carbocycles. The highest BCUT2D eigenvalue weighted by molar-refractivity contribution is 5.97. The van der Waals surface area contributed by atoms with E-state index in [0.717, 1.165) is 69.3 Å².